The van der Waals surface area contributed by atoms with E-state index < -0.39 is 11.2 Å². The van der Waals surface area contributed by atoms with Crippen molar-refractivity contribution < 1.29 is 14.6 Å². The highest BCUT2D eigenvalue weighted by atomic mass is 16.5. The van der Waals surface area contributed by atoms with E-state index >= 15 is 0 Å². The molecule has 1 saturated carbocycles. The number of carbonyl (C=O) groups is 1. The summed E-state index contributed by atoms with van der Waals surface area (Å²) in [6.07, 6.45) is 3.00. The fraction of sp³-hybridized carbons (Fsp3) is 0.688. The van der Waals surface area contributed by atoms with Gasteiger partial charge in [0.1, 0.15) is 0 Å². The number of aromatic amines is 1. The number of aliphatic hydroxyl groups excluding tert-OH is 1. The number of nitrogens with one attached hydrogen (secondary N) is 1. The first-order chi connectivity index (χ1) is 11.4. The first-order valence-electron chi connectivity index (χ1n) is 8.15. The number of amides is 1. The minimum absolute atomic E-state index is 0.0350. The van der Waals surface area contributed by atoms with E-state index in [4.69, 9.17) is 4.74 Å². The molecule has 1 amide bonds. The third kappa shape index (κ3) is 2.59. The van der Waals surface area contributed by atoms with Gasteiger partial charge in [-0.1, -0.05) is 0 Å². The molecule has 3 rings (SSSR count). The molecule has 2 heterocycles. The van der Waals surface area contributed by atoms with Crippen LogP contribution in [0.1, 0.15) is 24.8 Å². The largest absolute Gasteiger partial charge is 0.392 e. The Morgan fingerprint density at radius 2 is 2.08 bits per heavy atom. The van der Waals surface area contributed by atoms with Crippen molar-refractivity contribution in [3.63, 3.8) is 0 Å². The van der Waals surface area contributed by atoms with Crippen molar-refractivity contribution >= 4 is 5.91 Å². The van der Waals surface area contributed by atoms with Gasteiger partial charge in [-0.25, -0.2) is 4.79 Å². The molecule has 8 heteroatoms. The Balaban J connectivity index is 1.65. The number of H-pyrrole nitrogens is 1. The van der Waals surface area contributed by atoms with Gasteiger partial charge < -0.3 is 19.7 Å². The molecular weight excluding hydrogens is 314 g/mol. The Labute approximate surface area is 139 Å². The number of aliphatic hydroxyl groups is 1. The van der Waals surface area contributed by atoms with Crippen molar-refractivity contribution in [2.75, 3.05) is 20.2 Å². The zero-order chi connectivity index (χ0) is 17.5. The van der Waals surface area contributed by atoms with Crippen LogP contribution in [0.3, 0.4) is 0 Å². The third-order valence-corrected chi connectivity index (χ3v) is 5.67. The van der Waals surface area contributed by atoms with E-state index in [0.29, 0.717) is 32.4 Å². The van der Waals surface area contributed by atoms with Crippen molar-refractivity contribution in [1.29, 1.82) is 0 Å². The van der Waals surface area contributed by atoms with Gasteiger partial charge in [-0.05, 0) is 12.8 Å². The molecule has 132 valence electrons. The summed E-state index contributed by atoms with van der Waals surface area (Å²) in [5.74, 6) is -0.142. The summed E-state index contributed by atoms with van der Waals surface area (Å²) in [5, 5.41) is 10.1. The number of rotatable bonds is 3. The smallest absolute Gasteiger partial charge is 0.328 e. The molecular formula is C16H23N3O5. The van der Waals surface area contributed by atoms with Crippen LogP contribution in [0.2, 0.25) is 0 Å². The van der Waals surface area contributed by atoms with Crippen LogP contribution in [0.4, 0.5) is 0 Å². The first kappa shape index (κ1) is 16.9. The number of hydrogen-bond acceptors (Lipinski definition) is 5. The fourth-order valence-corrected chi connectivity index (χ4v) is 3.90. The molecule has 8 nitrogen and oxygen atoms in total. The van der Waals surface area contributed by atoms with Crippen LogP contribution < -0.4 is 11.2 Å². The summed E-state index contributed by atoms with van der Waals surface area (Å²) in [5.41, 5.74) is -0.907. The van der Waals surface area contributed by atoms with Gasteiger partial charge >= 0.3 is 5.69 Å². The lowest BCUT2D eigenvalue weighted by atomic mass is 9.58. The molecule has 2 N–H and O–H groups in total. The molecule has 1 aromatic heterocycles. The van der Waals surface area contributed by atoms with Crippen LogP contribution in [0.25, 0.3) is 0 Å². The zero-order valence-corrected chi connectivity index (χ0v) is 13.9. The van der Waals surface area contributed by atoms with Crippen molar-refractivity contribution in [3.05, 3.63) is 32.6 Å². The number of hydrogen-bond donors (Lipinski definition) is 2. The minimum atomic E-state index is -0.499. The van der Waals surface area contributed by atoms with Crippen LogP contribution in [0, 0.1) is 5.41 Å². The van der Waals surface area contributed by atoms with Crippen molar-refractivity contribution in [3.8, 4) is 0 Å². The molecule has 0 bridgehead atoms. The van der Waals surface area contributed by atoms with Crippen LogP contribution in [0.15, 0.2) is 15.8 Å². The summed E-state index contributed by atoms with van der Waals surface area (Å²) >= 11 is 0. The SMILES string of the molecule is CO[C@H]1C[C@@H](O)C12CCN(C(=O)Cc1c[nH]c(=O)n(C)c1=O)CC2. The topological polar surface area (TPSA) is 105 Å². The number of carbonyl (C=O) groups excluding carboxylic acids is 1. The average molecular weight is 337 g/mol. The molecule has 24 heavy (non-hydrogen) atoms. The number of nitrogens with zero attached hydrogens (tertiary/aromatic N) is 2. The zero-order valence-electron chi connectivity index (χ0n) is 13.9. The maximum atomic E-state index is 12.5. The van der Waals surface area contributed by atoms with Gasteiger partial charge in [-0.15, -0.1) is 0 Å². The normalized spacial score (nSPS) is 25.5. The number of likely N-dealkylation sites (tertiary alicyclic amines) is 1. The summed E-state index contributed by atoms with van der Waals surface area (Å²) in [6.45, 7) is 1.08. The summed E-state index contributed by atoms with van der Waals surface area (Å²) < 4.78 is 6.40. The highest BCUT2D eigenvalue weighted by molar-refractivity contribution is 5.78. The Kier molecular flexibility index (Phi) is 4.35. The molecule has 2 aliphatic rings. The summed E-state index contributed by atoms with van der Waals surface area (Å²) in [6, 6.07) is 0. The van der Waals surface area contributed by atoms with E-state index in [0.717, 1.165) is 4.57 Å². The van der Waals surface area contributed by atoms with Crippen LogP contribution >= 0.6 is 0 Å². The van der Waals surface area contributed by atoms with E-state index in [9.17, 15) is 19.5 Å². The molecule has 2 atom stereocenters. The molecule has 2 fully saturated rings. The van der Waals surface area contributed by atoms with E-state index in [1.54, 1.807) is 12.0 Å². The maximum Gasteiger partial charge on any atom is 0.328 e. The Morgan fingerprint density at radius 3 is 2.67 bits per heavy atom. The lowest BCUT2D eigenvalue weighted by Crippen LogP contribution is -2.62. The van der Waals surface area contributed by atoms with Crippen molar-refractivity contribution in [1.82, 2.24) is 14.5 Å². The van der Waals surface area contributed by atoms with Crippen molar-refractivity contribution in [2.24, 2.45) is 12.5 Å². The second-order valence-corrected chi connectivity index (χ2v) is 6.75. The lowest BCUT2D eigenvalue weighted by molar-refractivity contribution is -0.202. The van der Waals surface area contributed by atoms with Gasteiger partial charge in [0.05, 0.1) is 18.6 Å². The molecule has 1 saturated heterocycles. The lowest BCUT2D eigenvalue weighted by Gasteiger charge is -2.56. The molecule has 0 aromatic carbocycles. The number of methoxy groups -OCH3 is 1. The predicted octanol–water partition coefficient (Wildman–Crippen LogP) is -0.995. The number of ether oxygens (including phenoxy) is 1. The monoisotopic (exact) mass is 337 g/mol. The van der Waals surface area contributed by atoms with Crippen molar-refractivity contribution in [2.45, 2.75) is 37.9 Å². The van der Waals surface area contributed by atoms with E-state index in [2.05, 4.69) is 4.98 Å². The second kappa shape index (κ2) is 6.18. The number of aromatic nitrogens is 2. The molecule has 1 aliphatic carbocycles. The van der Waals surface area contributed by atoms with E-state index in [-0.39, 0.29) is 35.5 Å². The van der Waals surface area contributed by atoms with Crippen LogP contribution in [0.5, 0.6) is 0 Å². The first-order valence-corrected chi connectivity index (χ1v) is 8.15. The van der Waals surface area contributed by atoms with Gasteiger partial charge in [0.25, 0.3) is 5.56 Å². The standard InChI is InChI=1S/C16H23N3O5/c1-18-14(22)10(9-17-15(18)23)7-13(21)19-5-3-16(4-6-19)11(20)8-12(16)24-2/h9,11-12,20H,3-8H2,1-2H3,(H,17,23)/t11-,12+/m1/s1. The summed E-state index contributed by atoms with van der Waals surface area (Å²) in [7, 11) is 3.03. The van der Waals surface area contributed by atoms with Crippen LogP contribution in [-0.2, 0) is 23.0 Å². The summed E-state index contributed by atoms with van der Waals surface area (Å²) in [4.78, 5) is 40.0. The second-order valence-electron chi connectivity index (χ2n) is 6.75. The molecule has 1 spiro atoms. The predicted molar refractivity (Wildman–Crippen MR) is 85.7 cm³/mol. The van der Waals surface area contributed by atoms with E-state index in [1.165, 1.54) is 13.2 Å². The van der Waals surface area contributed by atoms with Gasteiger partial charge in [0.2, 0.25) is 5.91 Å². The third-order valence-electron chi connectivity index (χ3n) is 5.67. The van der Waals surface area contributed by atoms with E-state index in [1.807, 2.05) is 0 Å². The molecule has 0 unspecified atom stereocenters. The molecule has 0 radical (unpaired) electrons. The molecule has 1 aliphatic heterocycles. The average Bonchev–Trinajstić information content (AvgIpc) is 2.60. The minimum Gasteiger partial charge on any atom is -0.392 e. The highest BCUT2D eigenvalue weighted by Gasteiger charge is 2.56. The van der Waals surface area contributed by atoms with Gasteiger partial charge in [-0.3, -0.25) is 14.2 Å². The Bertz CT molecular complexity index is 745. The van der Waals surface area contributed by atoms with Gasteiger partial charge in [-0.2, -0.15) is 0 Å². The Morgan fingerprint density at radius 1 is 1.42 bits per heavy atom. The highest BCUT2D eigenvalue weighted by Crippen LogP contribution is 2.50. The maximum absolute atomic E-state index is 12.5. The fourth-order valence-electron chi connectivity index (χ4n) is 3.90. The Hall–Kier alpha value is -1.93. The van der Waals surface area contributed by atoms with Gasteiger partial charge in [0, 0.05) is 50.8 Å². The van der Waals surface area contributed by atoms with Crippen LogP contribution in [-0.4, -0.2) is 57.9 Å². The number of piperidine rings is 1. The van der Waals surface area contributed by atoms with Gasteiger partial charge in [0.15, 0.2) is 0 Å². The molecule has 1 aromatic rings. The quantitative estimate of drug-likeness (QED) is 0.736.